The zero-order chi connectivity index (χ0) is 32.8. The summed E-state index contributed by atoms with van der Waals surface area (Å²) < 4.78 is 40.0. The summed E-state index contributed by atoms with van der Waals surface area (Å²) in [6.07, 6.45) is 0.274. The number of rotatable bonds is 12. The Bertz CT molecular complexity index is 1590. The Morgan fingerprint density at radius 1 is 0.909 bits per heavy atom. The van der Waals surface area contributed by atoms with E-state index in [1.807, 2.05) is 27.7 Å². The summed E-state index contributed by atoms with van der Waals surface area (Å²) in [4.78, 5) is 29.2. The Morgan fingerprint density at radius 3 is 2.09 bits per heavy atom. The molecule has 0 spiro atoms. The van der Waals surface area contributed by atoms with Gasteiger partial charge in [-0.1, -0.05) is 53.9 Å². The van der Waals surface area contributed by atoms with Gasteiger partial charge in [-0.3, -0.25) is 13.9 Å². The third-order valence-electron chi connectivity index (χ3n) is 6.76. The van der Waals surface area contributed by atoms with Crippen molar-refractivity contribution in [2.75, 3.05) is 25.1 Å². The molecule has 0 aliphatic heterocycles. The van der Waals surface area contributed by atoms with E-state index in [0.717, 1.165) is 9.87 Å². The molecular formula is C32H39Cl2N3O6S. The minimum absolute atomic E-state index is 0.000708. The minimum atomic E-state index is -4.26. The molecule has 0 saturated heterocycles. The van der Waals surface area contributed by atoms with Crippen LogP contribution in [0.3, 0.4) is 0 Å². The minimum Gasteiger partial charge on any atom is -0.493 e. The van der Waals surface area contributed by atoms with Gasteiger partial charge in [-0.2, -0.15) is 0 Å². The van der Waals surface area contributed by atoms with Crippen molar-refractivity contribution < 1.29 is 27.5 Å². The number of amides is 2. The number of carbonyl (C=O) groups is 2. The molecule has 0 saturated carbocycles. The highest BCUT2D eigenvalue weighted by atomic mass is 35.5. The number of methoxy groups -OCH3 is 2. The Labute approximate surface area is 270 Å². The smallest absolute Gasteiger partial charge is 0.264 e. The maximum atomic E-state index is 14.3. The second-order valence-corrected chi connectivity index (χ2v) is 14.0. The second-order valence-electron chi connectivity index (χ2n) is 11.3. The van der Waals surface area contributed by atoms with E-state index in [1.165, 1.54) is 43.4 Å². The van der Waals surface area contributed by atoms with Gasteiger partial charge in [0.25, 0.3) is 10.0 Å². The van der Waals surface area contributed by atoms with Crippen molar-refractivity contribution in [3.63, 3.8) is 0 Å². The number of ether oxygens (including phenoxy) is 2. The normalized spacial score (nSPS) is 12.3. The summed E-state index contributed by atoms with van der Waals surface area (Å²) in [5.74, 6) is -0.295. The molecule has 0 radical (unpaired) electrons. The first-order valence-electron chi connectivity index (χ1n) is 14.0. The van der Waals surface area contributed by atoms with E-state index in [2.05, 4.69) is 5.32 Å². The van der Waals surface area contributed by atoms with Gasteiger partial charge >= 0.3 is 0 Å². The van der Waals surface area contributed by atoms with Gasteiger partial charge in [-0.05, 0) is 76.1 Å². The third kappa shape index (κ3) is 8.58. The lowest BCUT2D eigenvalue weighted by Gasteiger charge is -2.35. The highest BCUT2D eigenvalue weighted by molar-refractivity contribution is 7.92. The molecule has 0 aliphatic carbocycles. The van der Waals surface area contributed by atoms with E-state index in [4.69, 9.17) is 32.7 Å². The first-order chi connectivity index (χ1) is 20.6. The predicted octanol–water partition coefficient (Wildman–Crippen LogP) is 6.24. The second kappa shape index (κ2) is 14.5. The monoisotopic (exact) mass is 663 g/mol. The van der Waals surface area contributed by atoms with Gasteiger partial charge in [0.1, 0.15) is 12.6 Å². The highest BCUT2D eigenvalue weighted by Crippen LogP contribution is 2.34. The van der Waals surface area contributed by atoms with Crippen molar-refractivity contribution in [2.45, 2.75) is 64.1 Å². The van der Waals surface area contributed by atoms with Crippen molar-refractivity contribution in [2.24, 2.45) is 0 Å². The number of hydrogen-bond donors (Lipinski definition) is 1. The van der Waals surface area contributed by atoms with Crippen molar-refractivity contribution in [1.82, 2.24) is 10.2 Å². The largest absolute Gasteiger partial charge is 0.493 e. The summed E-state index contributed by atoms with van der Waals surface area (Å²) in [7, 11) is -1.36. The van der Waals surface area contributed by atoms with Crippen molar-refractivity contribution in [1.29, 1.82) is 0 Å². The first kappa shape index (κ1) is 35.0. The summed E-state index contributed by atoms with van der Waals surface area (Å²) in [6.45, 7) is 8.54. The van der Waals surface area contributed by atoms with E-state index in [1.54, 1.807) is 43.3 Å². The molecule has 3 rings (SSSR count). The van der Waals surface area contributed by atoms with Crippen LogP contribution in [-0.2, 0) is 26.2 Å². The number of sulfonamides is 1. The Hall–Kier alpha value is -3.47. The zero-order valence-corrected chi connectivity index (χ0v) is 28.3. The summed E-state index contributed by atoms with van der Waals surface area (Å²) >= 11 is 12.4. The summed E-state index contributed by atoms with van der Waals surface area (Å²) in [6, 6.07) is 15.0. The van der Waals surface area contributed by atoms with E-state index in [-0.39, 0.29) is 40.2 Å². The molecule has 3 aromatic rings. The number of halogens is 2. The first-order valence-corrected chi connectivity index (χ1v) is 16.2. The number of benzene rings is 3. The van der Waals surface area contributed by atoms with E-state index >= 15 is 0 Å². The Morgan fingerprint density at radius 2 is 1.55 bits per heavy atom. The van der Waals surface area contributed by atoms with Gasteiger partial charge in [0.15, 0.2) is 11.5 Å². The number of nitrogens with one attached hydrogen (secondary N) is 1. The molecular weight excluding hydrogens is 625 g/mol. The molecule has 12 heteroatoms. The van der Waals surface area contributed by atoms with Gasteiger partial charge in [-0.15, -0.1) is 0 Å². The van der Waals surface area contributed by atoms with Crippen molar-refractivity contribution in [3.8, 4) is 11.5 Å². The van der Waals surface area contributed by atoms with Crippen LogP contribution in [0.2, 0.25) is 10.0 Å². The Balaban J connectivity index is 2.14. The third-order valence-corrected chi connectivity index (χ3v) is 9.29. The van der Waals surface area contributed by atoms with Crippen LogP contribution in [0.1, 0.15) is 45.2 Å². The topological polar surface area (TPSA) is 105 Å². The molecule has 0 aromatic heterocycles. The van der Waals surface area contributed by atoms with Crippen LogP contribution in [-0.4, -0.2) is 57.5 Å². The van der Waals surface area contributed by atoms with Gasteiger partial charge < -0.3 is 19.7 Å². The molecule has 0 fully saturated rings. The molecule has 0 unspecified atom stereocenters. The van der Waals surface area contributed by atoms with Crippen LogP contribution in [0.4, 0.5) is 5.69 Å². The molecule has 44 heavy (non-hydrogen) atoms. The van der Waals surface area contributed by atoms with Crippen LogP contribution >= 0.6 is 23.2 Å². The molecule has 0 bridgehead atoms. The maximum absolute atomic E-state index is 14.3. The lowest BCUT2D eigenvalue weighted by atomic mass is 10.1. The fourth-order valence-corrected chi connectivity index (χ4v) is 6.28. The van der Waals surface area contributed by atoms with Gasteiger partial charge in [0.2, 0.25) is 11.8 Å². The van der Waals surface area contributed by atoms with Crippen LogP contribution in [0.15, 0.2) is 65.6 Å². The van der Waals surface area contributed by atoms with Crippen molar-refractivity contribution in [3.05, 3.63) is 81.8 Å². The number of nitrogens with zero attached hydrogens (tertiary/aromatic N) is 2. The van der Waals surface area contributed by atoms with Gasteiger partial charge in [0.05, 0.1) is 34.8 Å². The summed E-state index contributed by atoms with van der Waals surface area (Å²) in [5, 5.41) is 3.58. The number of carbonyl (C=O) groups excluding carboxylic acids is 2. The average molecular weight is 665 g/mol. The average Bonchev–Trinajstić information content (AvgIpc) is 2.96. The Kier molecular flexibility index (Phi) is 11.6. The molecule has 238 valence electrons. The lowest BCUT2D eigenvalue weighted by molar-refractivity contribution is -0.141. The standard InChI is InChI=1S/C32H39Cl2N3O6S/c1-8-27(31(39)35-32(3,4)5)36(19-22-11-15-25(33)26(34)17-22)30(38)20-37(23-12-16-28(42-6)29(18-23)43-7)44(40,41)24-13-9-21(2)10-14-24/h9-18,27H,8,19-20H2,1-7H3,(H,35,39)/t27-/m1/s1. The fourth-order valence-electron chi connectivity index (χ4n) is 4.55. The summed E-state index contributed by atoms with van der Waals surface area (Å²) in [5.41, 5.74) is 1.11. The molecule has 9 nitrogen and oxygen atoms in total. The number of anilines is 1. The quantitative estimate of drug-likeness (QED) is 0.246. The van der Waals surface area contributed by atoms with Crippen LogP contribution in [0.25, 0.3) is 0 Å². The predicted molar refractivity (Wildman–Crippen MR) is 174 cm³/mol. The van der Waals surface area contributed by atoms with Crippen LogP contribution < -0.4 is 19.1 Å². The molecule has 0 aliphatic rings. The zero-order valence-electron chi connectivity index (χ0n) is 26.0. The fraction of sp³-hybridized carbons (Fsp3) is 0.375. The molecule has 1 atom stereocenters. The number of aryl methyl sites for hydroxylation is 1. The SMILES string of the molecule is CC[C@H](C(=O)NC(C)(C)C)N(Cc1ccc(Cl)c(Cl)c1)C(=O)CN(c1ccc(OC)c(OC)c1)S(=O)(=O)c1ccc(C)cc1. The van der Waals surface area contributed by atoms with Crippen LogP contribution in [0.5, 0.6) is 11.5 Å². The van der Waals surface area contributed by atoms with E-state index in [9.17, 15) is 18.0 Å². The van der Waals surface area contributed by atoms with Crippen molar-refractivity contribution >= 4 is 50.7 Å². The van der Waals surface area contributed by atoms with E-state index < -0.39 is 34.1 Å². The number of hydrogen-bond acceptors (Lipinski definition) is 6. The van der Waals surface area contributed by atoms with Crippen LogP contribution in [0, 0.1) is 6.92 Å². The maximum Gasteiger partial charge on any atom is 0.264 e. The van der Waals surface area contributed by atoms with Gasteiger partial charge in [-0.25, -0.2) is 8.42 Å². The molecule has 1 N–H and O–H groups in total. The lowest BCUT2D eigenvalue weighted by Crippen LogP contribution is -2.55. The highest BCUT2D eigenvalue weighted by Gasteiger charge is 2.35. The van der Waals surface area contributed by atoms with E-state index in [0.29, 0.717) is 16.3 Å². The molecule has 3 aromatic carbocycles. The molecule has 2 amide bonds. The van der Waals surface area contributed by atoms with Gasteiger partial charge in [0, 0.05) is 18.2 Å². The molecule has 0 heterocycles.